The van der Waals surface area contributed by atoms with E-state index in [-0.39, 0.29) is 5.92 Å². The number of primary amides is 1. The Morgan fingerprint density at radius 1 is 1.00 bits per heavy atom. The summed E-state index contributed by atoms with van der Waals surface area (Å²) in [7, 11) is 0. The first-order valence-electron chi connectivity index (χ1n) is 9.61. The minimum absolute atomic E-state index is 0.344. The summed E-state index contributed by atoms with van der Waals surface area (Å²) in [4.78, 5) is 59.9. The number of carbonyl (C=O) groups excluding carboxylic acids is 4. The number of rotatable bonds is 14. The van der Waals surface area contributed by atoms with Crippen LogP contribution in [0.25, 0.3) is 0 Å². The lowest BCUT2D eigenvalue weighted by Gasteiger charge is -2.27. The Morgan fingerprint density at radius 2 is 1.60 bits per heavy atom. The van der Waals surface area contributed by atoms with Crippen LogP contribution in [0.1, 0.15) is 40.0 Å². The molecule has 0 aromatic heterocycles. The molecule has 0 fully saturated rings. The van der Waals surface area contributed by atoms with Gasteiger partial charge in [-0.05, 0) is 31.3 Å². The predicted molar refractivity (Wildman–Crippen MR) is 113 cm³/mol. The average Bonchev–Trinajstić information content (AvgIpc) is 2.67. The predicted octanol–water partition coefficient (Wildman–Crippen LogP) is -1.45. The van der Waals surface area contributed by atoms with E-state index < -0.39 is 60.2 Å². The Hall–Kier alpha value is -2.34. The molecule has 0 aromatic carbocycles. The molecule has 0 aliphatic heterocycles. The maximum atomic E-state index is 12.7. The zero-order valence-corrected chi connectivity index (χ0v) is 18.6. The van der Waals surface area contributed by atoms with Crippen LogP contribution in [-0.2, 0) is 24.0 Å². The van der Waals surface area contributed by atoms with Crippen molar-refractivity contribution in [3.05, 3.63) is 0 Å². The van der Waals surface area contributed by atoms with Gasteiger partial charge >= 0.3 is 5.97 Å². The third-order valence-electron chi connectivity index (χ3n) is 4.53. The lowest BCUT2D eigenvalue weighted by molar-refractivity contribution is -0.142. The van der Waals surface area contributed by atoms with Crippen LogP contribution in [0.15, 0.2) is 0 Å². The van der Waals surface area contributed by atoms with Gasteiger partial charge in [-0.1, -0.05) is 20.3 Å². The van der Waals surface area contributed by atoms with E-state index in [1.807, 2.05) is 6.26 Å². The molecular weight excluding hydrogens is 414 g/mol. The van der Waals surface area contributed by atoms with E-state index in [1.165, 1.54) is 18.7 Å². The number of hydrogen-bond acceptors (Lipinski definition) is 7. The summed E-state index contributed by atoms with van der Waals surface area (Å²) in [5.41, 5.74) is 11.0. The molecule has 0 saturated carbocycles. The Kier molecular flexibility index (Phi) is 12.7. The molecule has 30 heavy (non-hydrogen) atoms. The zero-order valence-electron chi connectivity index (χ0n) is 17.8. The van der Waals surface area contributed by atoms with Crippen LogP contribution < -0.4 is 27.4 Å². The number of nitrogens with two attached hydrogens (primary N) is 2. The highest BCUT2D eigenvalue weighted by Crippen LogP contribution is 2.10. The number of amides is 4. The van der Waals surface area contributed by atoms with Crippen LogP contribution in [0, 0.1) is 5.92 Å². The number of carboxylic acids is 1. The molecule has 4 amide bonds. The summed E-state index contributed by atoms with van der Waals surface area (Å²) >= 11 is 1.51. The van der Waals surface area contributed by atoms with Crippen molar-refractivity contribution in [2.75, 3.05) is 12.0 Å². The second-order valence-corrected chi connectivity index (χ2v) is 8.05. The highest BCUT2D eigenvalue weighted by molar-refractivity contribution is 7.98. The fraction of sp³-hybridized carbons (Fsp3) is 0.722. The van der Waals surface area contributed by atoms with Gasteiger partial charge in [0.15, 0.2) is 0 Å². The number of thioether (sulfide) groups is 1. The Bertz CT molecular complexity index is 632. The summed E-state index contributed by atoms with van der Waals surface area (Å²) in [6.07, 6.45) is 2.27. The largest absolute Gasteiger partial charge is 0.480 e. The first-order chi connectivity index (χ1) is 13.9. The minimum Gasteiger partial charge on any atom is -0.480 e. The standard InChI is InChI=1S/C18H33N5O6S/c1-5-9(2)14(17(27)21-10(3)18(28)29)23-16(26)12(8-13(20)24)22-15(25)11(19)6-7-30-4/h9-12,14H,5-8,19H2,1-4H3,(H2,20,24)(H,21,27)(H,22,25)(H,23,26)(H,28,29). The molecule has 0 spiro atoms. The average molecular weight is 448 g/mol. The van der Waals surface area contributed by atoms with Gasteiger partial charge in [-0.3, -0.25) is 24.0 Å². The second kappa shape index (κ2) is 13.8. The van der Waals surface area contributed by atoms with Crippen molar-refractivity contribution in [2.24, 2.45) is 17.4 Å². The molecule has 172 valence electrons. The molecule has 0 radical (unpaired) electrons. The molecule has 0 saturated heterocycles. The van der Waals surface area contributed by atoms with Crippen LogP contribution in [0.2, 0.25) is 0 Å². The fourth-order valence-electron chi connectivity index (χ4n) is 2.39. The van der Waals surface area contributed by atoms with Crippen molar-refractivity contribution in [3.8, 4) is 0 Å². The van der Waals surface area contributed by atoms with Gasteiger partial charge in [0.2, 0.25) is 23.6 Å². The van der Waals surface area contributed by atoms with Gasteiger partial charge in [0.1, 0.15) is 18.1 Å². The molecule has 0 bridgehead atoms. The van der Waals surface area contributed by atoms with Gasteiger partial charge in [0.25, 0.3) is 0 Å². The van der Waals surface area contributed by atoms with E-state index >= 15 is 0 Å². The van der Waals surface area contributed by atoms with Gasteiger partial charge in [-0.25, -0.2) is 0 Å². The molecule has 0 rings (SSSR count). The monoisotopic (exact) mass is 447 g/mol. The molecule has 11 nitrogen and oxygen atoms in total. The van der Waals surface area contributed by atoms with E-state index in [0.717, 1.165) is 0 Å². The van der Waals surface area contributed by atoms with E-state index in [2.05, 4.69) is 16.0 Å². The first kappa shape index (κ1) is 27.7. The van der Waals surface area contributed by atoms with Crippen LogP contribution >= 0.6 is 11.8 Å². The van der Waals surface area contributed by atoms with Gasteiger partial charge in [0.05, 0.1) is 12.5 Å². The Morgan fingerprint density at radius 3 is 2.07 bits per heavy atom. The van der Waals surface area contributed by atoms with Gasteiger partial charge < -0.3 is 32.5 Å². The SMILES string of the molecule is CCC(C)C(NC(=O)C(CC(N)=O)NC(=O)C(N)CCSC)C(=O)NC(C)C(=O)O. The molecule has 0 aromatic rings. The van der Waals surface area contributed by atoms with Crippen LogP contribution in [0.4, 0.5) is 0 Å². The summed E-state index contributed by atoms with van der Waals surface area (Å²) in [5, 5.41) is 16.2. The number of carbonyl (C=O) groups is 5. The Balaban J connectivity index is 5.37. The number of nitrogens with one attached hydrogen (secondary N) is 3. The molecule has 8 N–H and O–H groups in total. The lowest BCUT2D eigenvalue weighted by Crippen LogP contribution is -2.59. The summed E-state index contributed by atoms with van der Waals surface area (Å²) < 4.78 is 0. The number of hydrogen-bond donors (Lipinski definition) is 6. The molecule has 0 aliphatic rings. The zero-order chi connectivity index (χ0) is 23.4. The molecule has 5 unspecified atom stereocenters. The van der Waals surface area contributed by atoms with Crippen molar-refractivity contribution in [1.82, 2.24) is 16.0 Å². The van der Waals surface area contributed by atoms with Gasteiger partial charge in [-0.2, -0.15) is 11.8 Å². The molecule has 0 aliphatic carbocycles. The summed E-state index contributed by atoms with van der Waals surface area (Å²) in [6.45, 7) is 4.79. The van der Waals surface area contributed by atoms with Crippen molar-refractivity contribution >= 4 is 41.4 Å². The normalized spacial score (nSPS) is 15.8. The van der Waals surface area contributed by atoms with E-state index in [1.54, 1.807) is 13.8 Å². The van der Waals surface area contributed by atoms with Crippen LogP contribution in [0.3, 0.4) is 0 Å². The highest BCUT2D eigenvalue weighted by atomic mass is 32.2. The lowest BCUT2D eigenvalue weighted by atomic mass is 9.97. The van der Waals surface area contributed by atoms with Crippen molar-refractivity contribution in [2.45, 2.75) is 64.2 Å². The first-order valence-corrected chi connectivity index (χ1v) is 11.0. The third kappa shape index (κ3) is 9.92. The third-order valence-corrected chi connectivity index (χ3v) is 5.17. The molecule has 0 heterocycles. The number of carboxylic acid groups (broad SMARTS) is 1. The topological polar surface area (TPSA) is 194 Å². The quantitative estimate of drug-likeness (QED) is 0.186. The smallest absolute Gasteiger partial charge is 0.325 e. The fourth-order valence-corrected chi connectivity index (χ4v) is 2.88. The second-order valence-electron chi connectivity index (χ2n) is 7.06. The maximum absolute atomic E-state index is 12.7. The minimum atomic E-state index is -1.31. The van der Waals surface area contributed by atoms with Crippen molar-refractivity contribution in [3.63, 3.8) is 0 Å². The van der Waals surface area contributed by atoms with Crippen LogP contribution in [0.5, 0.6) is 0 Å². The molecule has 5 atom stereocenters. The highest BCUT2D eigenvalue weighted by Gasteiger charge is 2.32. The van der Waals surface area contributed by atoms with Crippen molar-refractivity contribution in [1.29, 1.82) is 0 Å². The van der Waals surface area contributed by atoms with E-state index in [0.29, 0.717) is 18.6 Å². The molecular formula is C18H33N5O6S. The van der Waals surface area contributed by atoms with Crippen molar-refractivity contribution < 1.29 is 29.1 Å². The summed E-state index contributed by atoms with van der Waals surface area (Å²) in [6, 6.07) is -4.41. The number of aliphatic carboxylic acids is 1. The van der Waals surface area contributed by atoms with Crippen LogP contribution in [-0.4, -0.2) is 70.9 Å². The van der Waals surface area contributed by atoms with E-state index in [9.17, 15) is 24.0 Å². The van der Waals surface area contributed by atoms with E-state index in [4.69, 9.17) is 16.6 Å². The Labute approximate surface area is 180 Å². The summed E-state index contributed by atoms with van der Waals surface area (Å²) in [5.74, 6) is -3.85. The maximum Gasteiger partial charge on any atom is 0.325 e. The van der Waals surface area contributed by atoms with Gasteiger partial charge in [0, 0.05) is 0 Å². The molecule has 12 heteroatoms. The van der Waals surface area contributed by atoms with Gasteiger partial charge in [-0.15, -0.1) is 0 Å².